The second kappa shape index (κ2) is 3.21. The van der Waals surface area contributed by atoms with Gasteiger partial charge >= 0.3 is 0 Å². The molecule has 0 bridgehead atoms. The molecule has 2 saturated heterocycles. The monoisotopic (exact) mass is 196 g/mol. The molecule has 2 heterocycles. The molecule has 0 N–H and O–H groups in total. The van der Waals surface area contributed by atoms with Crippen LogP contribution >= 0.6 is 0 Å². The van der Waals surface area contributed by atoms with Crippen molar-refractivity contribution in [3.05, 3.63) is 0 Å². The van der Waals surface area contributed by atoms with Gasteiger partial charge in [-0.3, -0.25) is 4.90 Å². The molecular formula is C12H24N2. The summed E-state index contributed by atoms with van der Waals surface area (Å²) in [7, 11) is 2.28. The third-order valence-corrected chi connectivity index (χ3v) is 3.83. The SMILES string of the molecule is CN1CCC12CCN(CC(C)(C)C)C2. The molecule has 1 unspecified atom stereocenters. The van der Waals surface area contributed by atoms with Gasteiger partial charge in [0, 0.05) is 31.7 Å². The van der Waals surface area contributed by atoms with E-state index in [-0.39, 0.29) is 0 Å². The van der Waals surface area contributed by atoms with E-state index in [2.05, 4.69) is 37.6 Å². The molecule has 0 amide bonds. The Balaban J connectivity index is 1.89. The van der Waals surface area contributed by atoms with E-state index in [0.717, 1.165) is 0 Å². The molecule has 2 heteroatoms. The summed E-state index contributed by atoms with van der Waals surface area (Å²) in [6.07, 6.45) is 2.81. The van der Waals surface area contributed by atoms with E-state index >= 15 is 0 Å². The van der Waals surface area contributed by atoms with Gasteiger partial charge in [-0.15, -0.1) is 0 Å². The van der Waals surface area contributed by atoms with Crippen molar-refractivity contribution >= 4 is 0 Å². The average molecular weight is 196 g/mol. The standard InChI is InChI=1S/C12H24N2/c1-11(2,3)9-14-8-6-12(10-14)5-7-13(12)4/h5-10H2,1-4H3. The van der Waals surface area contributed by atoms with Crippen molar-refractivity contribution in [1.29, 1.82) is 0 Å². The highest BCUT2D eigenvalue weighted by Crippen LogP contribution is 2.38. The van der Waals surface area contributed by atoms with Crippen LogP contribution < -0.4 is 0 Å². The second-order valence-corrected chi connectivity index (χ2v) is 6.42. The smallest absolute Gasteiger partial charge is 0.0357 e. The lowest BCUT2D eigenvalue weighted by atomic mass is 9.84. The number of likely N-dealkylation sites (tertiary alicyclic amines) is 2. The topological polar surface area (TPSA) is 6.48 Å². The highest BCUT2D eigenvalue weighted by Gasteiger charge is 2.47. The van der Waals surface area contributed by atoms with Crippen LogP contribution in [0.1, 0.15) is 33.6 Å². The minimum Gasteiger partial charge on any atom is -0.301 e. The van der Waals surface area contributed by atoms with Gasteiger partial charge in [-0.1, -0.05) is 20.8 Å². The fourth-order valence-electron chi connectivity index (χ4n) is 2.91. The zero-order chi connectivity index (χ0) is 10.4. The van der Waals surface area contributed by atoms with Crippen molar-refractivity contribution in [3.8, 4) is 0 Å². The van der Waals surface area contributed by atoms with Crippen molar-refractivity contribution in [2.75, 3.05) is 33.2 Å². The van der Waals surface area contributed by atoms with Gasteiger partial charge in [0.1, 0.15) is 0 Å². The van der Waals surface area contributed by atoms with Crippen LogP contribution in [0.2, 0.25) is 0 Å². The largest absolute Gasteiger partial charge is 0.301 e. The number of hydrogen-bond donors (Lipinski definition) is 0. The van der Waals surface area contributed by atoms with Crippen molar-refractivity contribution in [1.82, 2.24) is 9.80 Å². The number of nitrogens with zero attached hydrogens (tertiary/aromatic N) is 2. The van der Waals surface area contributed by atoms with Gasteiger partial charge in [-0.2, -0.15) is 0 Å². The van der Waals surface area contributed by atoms with Crippen molar-refractivity contribution in [3.63, 3.8) is 0 Å². The highest BCUT2D eigenvalue weighted by atomic mass is 15.3. The van der Waals surface area contributed by atoms with Crippen molar-refractivity contribution in [2.45, 2.75) is 39.2 Å². The molecule has 2 fully saturated rings. The number of likely N-dealkylation sites (N-methyl/N-ethyl adjacent to an activating group) is 1. The Kier molecular flexibility index (Phi) is 2.39. The van der Waals surface area contributed by atoms with E-state index in [4.69, 9.17) is 0 Å². The Hall–Kier alpha value is -0.0800. The lowest BCUT2D eigenvalue weighted by Gasteiger charge is -2.49. The maximum Gasteiger partial charge on any atom is 0.0357 e. The molecule has 1 spiro atoms. The molecule has 0 radical (unpaired) electrons. The maximum atomic E-state index is 2.65. The van der Waals surface area contributed by atoms with E-state index in [1.807, 2.05) is 0 Å². The molecule has 0 saturated carbocycles. The van der Waals surface area contributed by atoms with Gasteiger partial charge in [0.25, 0.3) is 0 Å². The van der Waals surface area contributed by atoms with Crippen molar-refractivity contribution < 1.29 is 0 Å². The first-order chi connectivity index (χ1) is 6.41. The average Bonchev–Trinajstić information content (AvgIpc) is 2.45. The molecule has 0 aromatic heterocycles. The first kappa shape index (κ1) is 10.4. The molecule has 82 valence electrons. The van der Waals surface area contributed by atoms with Crippen LogP contribution in [0.5, 0.6) is 0 Å². The first-order valence-corrected chi connectivity index (χ1v) is 5.85. The van der Waals surface area contributed by atoms with Gasteiger partial charge in [-0.05, 0) is 25.3 Å². The Labute approximate surface area is 88.3 Å². The summed E-state index contributed by atoms with van der Waals surface area (Å²) in [6, 6.07) is 0. The molecule has 1 atom stereocenters. The summed E-state index contributed by atoms with van der Waals surface area (Å²) < 4.78 is 0. The predicted molar refractivity (Wildman–Crippen MR) is 60.5 cm³/mol. The van der Waals surface area contributed by atoms with E-state index in [1.54, 1.807) is 0 Å². The molecule has 0 aromatic rings. The van der Waals surface area contributed by atoms with Crippen LogP contribution in [0.4, 0.5) is 0 Å². The molecule has 14 heavy (non-hydrogen) atoms. The Morgan fingerprint density at radius 1 is 1.14 bits per heavy atom. The second-order valence-electron chi connectivity index (χ2n) is 6.42. The fourth-order valence-corrected chi connectivity index (χ4v) is 2.91. The van der Waals surface area contributed by atoms with Crippen molar-refractivity contribution in [2.24, 2.45) is 5.41 Å². The molecular weight excluding hydrogens is 172 g/mol. The molecule has 0 aliphatic carbocycles. The number of rotatable bonds is 1. The third kappa shape index (κ3) is 1.82. The molecule has 2 nitrogen and oxygen atoms in total. The minimum absolute atomic E-state index is 0.452. The Morgan fingerprint density at radius 2 is 1.79 bits per heavy atom. The zero-order valence-electron chi connectivity index (χ0n) is 10.1. The lowest BCUT2D eigenvalue weighted by Crippen LogP contribution is -2.59. The normalized spacial score (nSPS) is 35.1. The van der Waals surface area contributed by atoms with E-state index in [9.17, 15) is 0 Å². The summed E-state index contributed by atoms with van der Waals surface area (Å²) in [5, 5.41) is 0. The Bertz CT molecular complexity index is 219. The van der Waals surface area contributed by atoms with Crippen LogP contribution in [-0.4, -0.2) is 48.6 Å². The third-order valence-electron chi connectivity index (χ3n) is 3.83. The zero-order valence-corrected chi connectivity index (χ0v) is 10.1. The highest BCUT2D eigenvalue weighted by molar-refractivity contribution is 5.04. The summed E-state index contributed by atoms with van der Waals surface area (Å²) in [5.41, 5.74) is 1.03. The van der Waals surface area contributed by atoms with Crippen LogP contribution in [-0.2, 0) is 0 Å². The van der Waals surface area contributed by atoms with E-state index in [0.29, 0.717) is 11.0 Å². The van der Waals surface area contributed by atoms with E-state index in [1.165, 1.54) is 39.0 Å². The molecule has 2 aliphatic heterocycles. The summed E-state index contributed by atoms with van der Waals surface area (Å²) in [5.74, 6) is 0. The fraction of sp³-hybridized carbons (Fsp3) is 1.00. The summed E-state index contributed by atoms with van der Waals surface area (Å²) >= 11 is 0. The quantitative estimate of drug-likeness (QED) is 0.631. The minimum atomic E-state index is 0.452. The van der Waals surface area contributed by atoms with Gasteiger partial charge < -0.3 is 4.90 Å². The molecule has 0 aromatic carbocycles. The predicted octanol–water partition coefficient (Wildman–Crippen LogP) is 1.81. The van der Waals surface area contributed by atoms with Crippen LogP contribution in [0.25, 0.3) is 0 Å². The lowest BCUT2D eigenvalue weighted by molar-refractivity contribution is 0.0170. The number of hydrogen-bond acceptors (Lipinski definition) is 2. The van der Waals surface area contributed by atoms with Gasteiger partial charge in [0.05, 0.1) is 0 Å². The molecule has 2 rings (SSSR count). The van der Waals surface area contributed by atoms with Gasteiger partial charge in [-0.25, -0.2) is 0 Å². The molecule has 2 aliphatic rings. The summed E-state index contributed by atoms with van der Waals surface area (Å²) in [4.78, 5) is 5.20. The van der Waals surface area contributed by atoms with E-state index < -0.39 is 0 Å². The van der Waals surface area contributed by atoms with Gasteiger partial charge in [0.2, 0.25) is 0 Å². The van der Waals surface area contributed by atoms with Gasteiger partial charge in [0.15, 0.2) is 0 Å². The van der Waals surface area contributed by atoms with Crippen LogP contribution in [0.3, 0.4) is 0 Å². The summed E-state index contributed by atoms with van der Waals surface area (Å²) in [6.45, 7) is 12.2. The van der Waals surface area contributed by atoms with Crippen LogP contribution in [0.15, 0.2) is 0 Å². The Morgan fingerprint density at radius 3 is 2.14 bits per heavy atom. The first-order valence-electron chi connectivity index (χ1n) is 5.85. The maximum absolute atomic E-state index is 2.65. The van der Waals surface area contributed by atoms with Crippen LogP contribution in [0, 0.1) is 5.41 Å².